The van der Waals surface area contributed by atoms with Gasteiger partial charge in [0, 0.05) is 137 Å². The van der Waals surface area contributed by atoms with Crippen molar-refractivity contribution in [3.05, 3.63) is 124 Å². The van der Waals surface area contributed by atoms with Gasteiger partial charge >= 0.3 is 0 Å². The Labute approximate surface area is 433 Å². The highest BCUT2D eigenvalue weighted by atomic mass is 32.1. The number of aromatic nitrogens is 1. The number of hydrogen-bond donors (Lipinski definition) is 1. The molecule has 70 heavy (non-hydrogen) atoms. The first-order chi connectivity index (χ1) is 33.8. The van der Waals surface area contributed by atoms with Crippen LogP contribution in [0.2, 0.25) is 0 Å². The molecule has 0 unspecified atom stereocenters. The maximum absolute atomic E-state index is 5.05. The topological polar surface area (TPSA) is 65.6 Å². The average molecular weight is 996 g/mol. The molecule has 0 aromatic heterocycles. The third-order valence-corrected chi connectivity index (χ3v) is 15.9. The normalized spacial score (nSPS) is 18.1. The van der Waals surface area contributed by atoms with Crippen LogP contribution in [0.5, 0.6) is 0 Å². The zero-order chi connectivity index (χ0) is 49.5. The summed E-state index contributed by atoms with van der Waals surface area (Å²) < 4.78 is 3.41. The number of aryl methyl sites for hydroxylation is 2. The van der Waals surface area contributed by atoms with Crippen LogP contribution in [0, 0.1) is 6.92 Å². The first-order valence-corrected chi connectivity index (χ1v) is 27.2. The van der Waals surface area contributed by atoms with Gasteiger partial charge in [0.1, 0.15) is 25.5 Å². The van der Waals surface area contributed by atoms with Crippen LogP contribution in [-0.2, 0) is 31.7 Å². The van der Waals surface area contributed by atoms with E-state index in [9.17, 15) is 0 Å². The van der Waals surface area contributed by atoms with Gasteiger partial charge in [-0.2, -0.15) is 0 Å². The van der Waals surface area contributed by atoms with Crippen molar-refractivity contribution in [1.82, 2.24) is 19.4 Å². The van der Waals surface area contributed by atoms with Gasteiger partial charge in [0.25, 0.3) is 0 Å². The summed E-state index contributed by atoms with van der Waals surface area (Å²) >= 11 is 9.36. The molecule has 9 nitrogen and oxygen atoms in total. The molecule has 3 aromatic rings. The quantitative estimate of drug-likeness (QED) is 0.0949. The Kier molecular flexibility index (Phi) is 17.0. The molecular weight excluding hydrogens is 919 g/mol. The third-order valence-electron chi connectivity index (χ3n) is 14.1. The van der Waals surface area contributed by atoms with Gasteiger partial charge in [-0.15, -0.1) is 11.3 Å². The van der Waals surface area contributed by atoms with Gasteiger partial charge in [-0.3, -0.25) is 0 Å². The van der Waals surface area contributed by atoms with Crippen LogP contribution >= 0.6 is 11.3 Å². The molecule has 0 spiro atoms. The van der Waals surface area contributed by atoms with Crippen molar-refractivity contribution in [2.24, 2.45) is 9.98 Å². The number of rotatable bonds is 8. The van der Waals surface area contributed by atoms with Crippen molar-refractivity contribution in [1.29, 1.82) is 0 Å². The van der Waals surface area contributed by atoms with Crippen LogP contribution in [0.15, 0.2) is 127 Å². The summed E-state index contributed by atoms with van der Waals surface area (Å²) in [6.07, 6.45) is 19.9. The summed E-state index contributed by atoms with van der Waals surface area (Å²) in [6, 6.07) is 21.8. The monoisotopic (exact) mass is 995 g/mol. The molecule has 0 amide bonds. The van der Waals surface area contributed by atoms with Crippen molar-refractivity contribution < 1.29 is 0 Å². The van der Waals surface area contributed by atoms with Crippen LogP contribution in [0.1, 0.15) is 83.3 Å². The van der Waals surface area contributed by atoms with Gasteiger partial charge in [-0.1, -0.05) is 19.1 Å². The summed E-state index contributed by atoms with van der Waals surface area (Å²) in [6.45, 7) is 15.8. The molecule has 3 aliphatic carbocycles. The van der Waals surface area contributed by atoms with E-state index in [1.807, 2.05) is 18.4 Å². The van der Waals surface area contributed by atoms with E-state index in [4.69, 9.17) is 15.0 Å². The Bertz CT molecular complexity index is 2910. The molecule has 3 aromatic carbocycles. The number of fused-ring (bicyclic) bond motifs is 2. The predicted octanol–water partition coefficient (Wildman–Crippen LogP) is 10.9. The lowest BCUT2D eigenvalue weighted by Crippen LogP contribution is -2.21. The minimum Gasteiger partial charge on any atom is -0.388 e. The number of nitrogens with one attached hydrogen (secondary N) is 1. The van der Waals surface area contributed by atoms with E-state index in [1.165, 1.54) is 143 Å². The zero-order valence-corrected chi connectivity index (χ0v) is 46.0. The van der Waals surface area contributed by atoms with Crippen molar-refractivity contribution in [2.75, 3.05) is 89.6 Å². The summed E-state index contributed by atoms with van der Waals surface area (Å²) in [4.78, 5) is 27.8. The molecule has 10 rings (SSSR count). The molecule has 0 atom stereocenters. The molecule has 0 radical (unpaired) electrons. The maximum atomic E-state index is 5.05. The van der Waals surface area contributed by atoms with Crippen LogP contribution < -0.4 is 25.0 Å². The SMILES string of the molecule is CCc1cc(N(C)C)cc([SH2+])c1N=C1CC=C(N2CCCC2)C=C1C.CNc1cc(C)c(N=C2CC=C(N3CCCC3)C=C2C)c([SH2+])c1.C[N+](C)=c1ccc2nc3ccc(N4CCCC4)cc3sc-2c1. The van der Waals surface area contributed by atoms with Crippen LogP contribution in [0.25, 0.3) is 20.8 Å². The van der Waals surface area contributed by atoms with Crippen LogP contribution in [-0.4, -0.2) is 101 Å². The predicted molar refractivity (Wildman–Crippen MR) is 311 cm³/mol. The van der Waals surface area contributed by atoms with Crippen molar-refractivity contribution >= 4 is 86.7 Å². The molecule has 3 fully saturated rings. The van der Waals surface area contributed by atoms with E-state index >= 15 is 0 Å². The molecule has 3 saturated heterocycles. The zero-order valence-electron chi connectivity index (χ0n) is 43.2. The Morgan fingerprint density at radius 2 is 1.27 bits per heavy atom. The third kappa shape index (κ3) is 12.2. The van der Waals surface area contributed by atoms with E-state index in [1.54, 1.807) is 0 Å². The highest BCUT2D eigenvalue weighted by molar-refractivity contribution is 7.59. The Balaban J connectivity index is 0.000000141. The average Bonchev–Trinajstić information content (AvgIpc) is 4.20. The second-order valence-corrected chi connectivity index (χ2v) is 21.8. The lowest BCUT2D eigenvalue weighted by molar-refractivity contribution is 0.438. The van der Waals surface area contributed by atoms with Gasteiger partial charge in [-0.05, 0) is 162 Å². The van der Waals surface area contributed by atoms with Gasteiger partial charge in [-0.25, -0.2) is 19.5 Å². The molecule has 1 N–H and O–H groups in total. The molecule has 4 heterocycles. The minimum atomic E-state index is 0.910. The summed E-state index contributed by atoms with van der Waals surface area (Å²) in [7, 11) is 10.2. The number of allylic oxidation sites excluding steroid dienone is 6. The fraction of sp³-hybridized carbons (Fsp3) is 0.414. The number of benzene rings is 4. The lowest BCUT2D eigenvalue weighted by Gasteiger charge is -2.23. The van der Waals surface area contributed by atoms with Gasteiger partial charge in [0.2, 0.25) is 5.36 Å². The van der Waals surface area contributed by atoms with Crippen molar-refractivity contribution in [3.8, 4) is 10.6 Å². The van der Waals surface area contributed by atoms with Crippen molar-refractivity contribution in [2.45, 2.75) is 95.3 Å². The van der Waals surface area contributed by atoms with Gasteiger partial charge < -0.3 is 24.9 Å². The molecule has 368 valence electrons. The second-order valence-electron chi connectivity index (χ2n) is 19.6. The number of aliphatic imine (C=N–C) groups is 2. The Morgan fingerprint density at radius 3 is 1.80 bits per heavy atom. The summed E-state index contributed by atoms with van der Waals surface area (Å²) in [5.74, 6) is 0. The molecule has 12 heteroatoms. The summed E-state index contributed by atoms with van der Waals surface area (Å²) in [5.41, 5.74) is 18.0. The minimum absolute atomic E-state index is 0.910. The number of hydrogen-bond acceptors (Lipinski definition) is 9. The van der Waals surface area contributed by atoms with E-state index in [-0.39, 0.29) is 0 Å². The second kappa shape index (κ2) is 23.3. The molecule has 4 aliphatic heterocycles. The summed E-state index contributed by atoms with van der Waals surface area (Å²) in [5, 5.41) is 4.40. The van der Waals surface area contributed by atoms with Gasteiger partial charge in [0.05, 0.1) is 20.8 Å². The standard InChI is InChI=1S/C21H29N3S.C19H25N3S.C18H20N3S/c1-5-16-13-18(23(3)4)14-20(25)21(16)22-19-9-8-17(12-15(19)2)24-10-6-7-11-24;1-13-11-16(22-8-4-5-9-22)6-7-17(13)21-19-14(2)10-15(20-3)12-18(19)23;1-20(2)13-5-7-15-17(11-13)22-18-12-14(6-8-16(18)19-15)21-9-3-4-10-21/h8,12-14,25H,5-7,9-11H2,1-4H3;6,10-12,20,23H,4-5,7-9H2,1-3H3;5-8,11-12H,3-4,9-10H2,1-2H3/q;;+1/p+2. The molecular formula is C58H76N9S3+3. The first-order valence-electron chi connectivity index (χ1n) is 25.4. The highest BCUT2D eigenvalue weighted by Crippen LogP contribution is 2.35. The van der Waals surface area contributed by atoms with E-state index < -0.39 is 0 Å². The molecule has 0 bridgehead atoms. The molecule has 0 saturated carbocycles. The van der Waals surface area contributed by atoms with E-state index in [0.717, 1.165) is 63.0 Å². The molecule has 7 aliphatic rings. The Hall–Kier alpha value is -5.30. The van der Waals surface area contributed by atoms with Crippen molar-refractivity contribution in [3.63, 3.8) is 0 Å². The number of likely N-dealkylation sites (tertiary alicyclic amines) is 2. The highest BCUT2D eigenvalue weighted by Gasteiger charge is 2.21. The fourth-order valence-electron chi connectivity index (χ4n) is 9.84. The number of nitrogens with zero attached hydrogens (tertiary/aromatic N) is 8. The van der Waals surface area contributed by atoms with Crippen LogP contribution in [0.3, 0.4) is 0 Å². The first kappa shape index (κ1) is 51.1. The Morgan fingerprint density at radius 1 is 0.700 bits per heavy atom. The van der Waals surface area contributed by atoms with Gasteiger partial charge in [0.15, 0.2) is 9.79 Å². The fourth-order valence-corrected chi connectivity index (χ4v) is 11.6. The smallest absolute Gasteiger partial charge is 0.201 e. The van der Waals surface area contributed by atoms with Crippen LogP contribution in [0.4, 0.5) is 28.4 Å². The van der Waals surface area contributed by atoms with E-state index in [0.29, 0.717) is 0 Å². The largest absolute Gasteiger partial charge is 0.388 e. The maximum Gasteiger partial charge on any atom is 0.201 e. The number of anilines is 3. The van der Waals surface area contributed by atoms with E-state index in [2.05, 4.69) is 196 Å². The lowest BCUT2D eigenvalue weighted by atomic mass is 10.0.